The van der Waals surface area contributed by atoms with Gasteiger partial charge in [-0.3, -0.25) is 9.69 Å². The number of carbonyl (C=O) groups excluding carboxylic acids is 2. The Kier molecular flexibility index (Phi) is 7.36. The molecule has 25 heavy (non-hydrogen) atoms. The summed E-state index contributed by atoms with van der Waals surface area (Å²) in [6.07, 6.45) is 0.295. The molecule has 4 heteroatoms. The molecule has 2 aromatic carbocycles. The number of hydrogen-bond donors (Lipinski definition) is 0. The highest BCUT2D eigenvalue weighted by molar-refractivity contribution is 6.03. The van der Waals surface area contributed by atoms with Gasteiger partial charge in [0.05, 0.1) is 6.61 Å². The summed E-state index contributed by atoms with van der Waals surface area (Å²) >= 11 is 0. The van der Waals surface area contributed by atoms with E-state index in [9.17, 15) is 9.59 Å². The smallest absolute Gasteiger partial charge is 0.331 e. The molecule has 0 aliphatic rings. The minimum atomic E-state index is -0.884. The van der Waals surface area contributed by atoms with Crippen molar-refractivity contribution < 1.29 is 14.3 Å². The average Bonchev–Trinajstić information content (AvgIpc) is 2.63. The summed E-state index contributed by atoms with van der Waals surface area (Å²) < 4.78 is 5.18. The van der Waals surface area contributed by atoms with Crippen molar-refractivity contribution in [1.29, 1.82) is 0 Å². The zero-order valence-corrected chi connectivity index (χ0v) is 14.9. The molecule has 0 amide bonds. The number of ether oxygens (including phenoxy) is 1. The summed E-state index contributed by atoms with van der Waals surface area (Å²) in [6.45, 7) is 4.80. The zero-order valence-electron chi connectivity index (χ0n) is 14.9. The van der Waals surface area contributed by atoms with Crippen molar-refractivity contribution in [3.8, 4) is 0 Å². The van der Waals surface area contributed by atoms with E-state index in [0.717, 1.165) is 11.1 Å². The Bertz CT molecular complexity index is 629. The van der Waals surface area contributed by atoms with E-state index in [1.165, 1.54) is 0 Å². The molecule has 1 atom stereocenters. The fraction of sp³-hybridized carbons (Fsp3) is 0.333. The fourth-order valence-corrected chi connectivity index (χ4v) is 2.77. The summed E-state index contributed by atoms with van der Waals surface area (Å²) in [6, 6.07) is 18.8. The van der Waals surface area contributed by atoms with Crippen LogP contribution < -0.4 is 0 Å². The number of ketones is 1. The van der Waals surface area contributed by atoms with Gasteiger partial charge in [0.2, 0.25) is 0 Å². The van der Waals surface area contributed by atoms with Gasteiger partial charge in [-0.25, -0.2) is 4.79 Å². The molecule has 0 heterocycles. The predicted octanol–water partition coefficient (Wildman–Crippen LogP) is 3.60. The van der Waals surface area contributed by atoms with Crippen molar-refractivity contribution in [1.82, 2.24) is 4.90 Å². The van der Waals surface area contributed by atoms with Crippen molar-refractivity contribution in [2.45, 2.75) is 39.4 Å². The largest absolute Gasteiger partial charge is 0.464 e. The Morgan fingerprint density at radius 2 is 1.36 bits per heavy atom. The summed E-state index contributed by atoms with van der Waals surface area (Å²) in [5, 5.41) is 0. The lowest BCUT2D eigenvalue weighted by molar-refractivity contribution is -0.154. The van der Waals surface area contributed by atoms with Crippen LogP contribution in [0, 0.1) is 0 Å². The van der Waals surface area contributed by atoms with Gasteiger partial charge in [-0.2, -0.15) is 0 Å². The Hall–Kier alpha value is -2.46. The molecule has 2 aromatic rings. The van der Waals surface area contributed by atoms with Crippen LogP contribution >= 0.6 is 0 Å². The van der Waals surface area contributed by atoms with Crippen molar-refractivity contribution in [2.24, 2.45) is 0 Å². The fourth-order valence-electron chi connectivity index (χ4n) is 2.77. The minimum Gasteiger partial charge on any atom is -0.464 e. The highest BCUT2D eigenvalue weighted by Crippen LogP contribution is 2.16. The third-order valence-electron chi connectivity index (χ3n) is 3.99. The van der Waals surface area contributed by atoms with Crippen molar-refractivity contribution >= 4 is 11.8 Å². The number of carbonyl (C=O) groups is 2. The first-order valence-electron chi connectivity index (χ1n) is 8.67. The normalized spacial score (nSPS) is 12.0. The second-order valence-electron chi connectivity index (χ2n) is 5.85. The predicted molar refractivity (Wildman–Crippen MR) is 97.9 cm³/mol. The molecule has 0 spiro atoms. The first-order valence-corrected chi connectivity index (χ1v) is 8.67. The maximum atomic E-state index is 12.5. The summed E-state index contributed by atoms with van der Waals surface area (Å²) in [5.74, 6) is -0.591. The lowest BCUT2D eigenvalue weighted by Crippen LogP contribution is -2.46. The number of rotatable bonds is 9. The van der Waals surface area contributed by atoms with Gasteiger partial charge < -0.3 is 4.74 Å². The molecule has 0 aliphatic carbocycles. The molecular weight excluding hydrogens is 314 g/mol. The van der Waals surface area contributed by atoms with E-state index in [1.807, 2.05) is 65.6 Å². The van der Waals surface area contributed by atoms with Gasteiger partial charge in [0.1, 0.15) is 0 Å². The van der Waals surface area contributed by atoms with Gasteiger partial charge in [-0.15, -0.1) is 0 Å². The van der Waals surface area contributed by atoms with Crippen LogP contribution in [0.25, 0.3) is 0 Å². The van der Waals surface area contributed by atoms with Crippen molar-refractivity contribution in [3.05, 3.63) is 71.8 Å². The van der Waals surface area contributed by atoms with Crippen LogP contribution in [0.1, 0.15) is 31.4 Å². The van der Waals surface area contributed by atoms with Gasteiger partial charge in [0.15, 0.2) is 11.8 Å². The molecule has 4 nitrogen and oxygen atoms in total. The molecule has 0 unspecified atom stereocenters. The molecule has 0 N–H and O–H groups in total. The molecule has 0 saturated heterocycles. The quantitative estimate of drug-likeness (QED) is 0.517. The Morgan fingerprint density at radius 3 is 1.76 bits per heavy atom. The highest BCUT2D eigenvalue weighted by atomic mass is 16.5. The number of benzene rings is 2. The minimum absolute atomic E-state index is 0.120. The summed E-state index contributed by atoms with van der Waals surface area (Å²) in [5.41, 5.74) is 2.10. The number of hydrogen-bond acceptors (Lipinski definition) is 4. The van der Waals surface area contributed by atoms with Crippen molar-refractivity contribution in [2.75, 3.05) is 6.61 Å². The van der Waals surface area contributed by atoms with E-state index in [0.29, 0.717) is 19.5 Å². The van der Waals surface area contributed by atoms with Gasteiger partial charge in [-0.05, 0) is 18.1 Å². The Morgan fingerprint density at radius 1 is 0.880 bits per heavy atom. The van der Waals surface area contributed by atoms with Gasteiger partial charge in [0.25, 0.3) is 0 Å². The standard InChI is InChI=1S/C21H25NO3/c1-3-19(23)20(21(24)25-4-2)22(15-17-11-7-5-8-12-17)16-18-13-9-6-10-14-18/h5-14,20H,3-4,15-16H2,1-2H3/t20-/m0/s1. The lowest BCUT2D eigenvalue weighted by Gasteiger charge is -2.29. The lowest BCUT2D eigenvalue weighted by atomic mass is 10.1. The van der Waals surface area contributed by atoms with E-state index in [2.05, 4.69) is 0 Å². The van der Waals surface area contributed by atoms with Gasteiger partial charge in [-0.1, -0.05) is 67.6 Å². The van der Waals surface area contributed by atoms with Crippen LogP contribution in [0.5, 0.6) is 0 Å². The Balaban J connectivity index is 2.32. The molecule has 132 valence electrons. The second kappa shape index (κ2) is 9.74. The SMILES string of the molecule is CCOC(=O)[C@H](C(=O)CC)N(Cc1ccccc1)Cc1ccccc1. The van der Waals surface area contributed by atoms with E-state index < -0.39 is 12.0 Å². The summed E-state index contributed by atoms with van der Waals surface area (Å²) in [7, 11) is 0. The Labute approximate surface area is 149 Å². The third-order valence-corrected chi connectivity index (χ3v) is 3.99. The van der Waals surface area contributed by atoms with Crippen LogP contribution in [0.15, 0.2) is 60.7 Å². The maximum Gasteiger partial charge on any atom is 0.331 e. The van der Waals surface area contributed by atoms with E-state index in [4.69, 9.17) is 4.74 Å². The van der Waals surface area contributed by atoms with E-state index in [1.54, 1.807) is 13.8 Å². The second-order valence-corrected chi connectivity index (χ2v) is 5.85. The summed E-state index contributed by atoms with van der Waals surface area (Å²) in [4.78, 5) is 26.9. The van der Waals surface area contributed by atoms with Crippen LogP contribution in [-0.4, -0.2) is 29.3 Å². The maximum absolute atomic E-state index is 12.5. The first-order chi connectivity index (χ1) is 12.2. The molecule has 0 fully saturated rings. The first kappa shape index (κ1) is 18.9. The molecular formula is C21H25NO3. The molecule has 0 aromatic heterocycles. The molecule has 0 aliphatic heterocycles. The van der Waals surface area contributed by atoms with Crippen LogP contribution in [-0.2, 0) is 27.4 Å². The zero-order chi connectivity index (χ0) is 18.1. The van der Waals surface area contributed by atoms with E-state index in [-0.39, 0.29) is 12.4 Å². The van der Waals surface area contributed by atoms with Crippen LogP contribution in [0.2, 0.25) is 0 Å². The van der Waals surface area contributed by atoms with Crippen LogP contribution in [0.3, 0.4) is 0 Å². The number of Topliss-reactive ketones (excluding diaryl/α,β-unsaturated/α-hetero) is 1. The molecule has 0 saturated carbocycles. The van der Waals surface area contributed by atoms with Gasteiger partial charge in [0, 0.05) is 19.5 Å². The molecule has 0 radical (unpaired) electrons. The topological polar surface area (TPSA) is 46.6 Å². The number of esters is 1. The van der Waals surface area contributed by atoms with Gasteiger partial charge >= 0.3 is 5.97 Å². The van der Waals surface area contributed by atoms with E-state index >= 15 is 0 Å². The van der Waals surface area contributed by atoms with Crippen molar-refractivity contribution in [3.63, 3.8) is 0 Å². The highest BCUT2D eigenvalue weighted by Gasteiger charge is 2.33. The molecule has 0 bridgehead atoms. The number of nitrogens with zero attached hydrogens (tertiary/aromatic N) is 1. The monoisotopic (exact) mass is 339 g/mol. The molecule has 2 rings (SSSR count). The average molecular weight is 339 g/mol. The van der Waals surface area contributed by atoms with Crippen LogP contribution in [0.4, 0.5) is 0 Å². The third kappa shape index (κ3) is 5.54.